The summed E-state index contributed by atoms with van der Waals surface area (Å²) in [6.07, 6.45) is 0.481. The van der Waals surface area contributed by atoms with Crippen LogP contribution in [-0.2, 0) is 0 Å². The summed E-state index contributed by atoms with van der Waals surface area (Å²) in [5.41, 5.74) is 2.27. The molecule has 4 rings (SSSR count). The quantitative estimate of drug-likeness (QED) is 0.299. The Labute approximate surface area is 226 Å². The maximum atomic E-state index is 14.0. The van der Waals surface area contributed by atoms with Crippen molar-refractivity contribution in [2.45, 2.75) is 26.3 Å². The highest BCUT2D eigenvalue weighted by atomic mass is 35.5. The molecule has 0 aliphatic rings. The molecule has 1 N–H and O–H groups in total. The predicted octanol–water partition coefficient (Wildman–Crippen LogP) is 6.03. The van der Waals surface area contributed by atoms with Crippen LogP contribution < -0.4 is 10.9 Å². The highest BCUT2D eigenvalue weighted by Crippen LogP contribution is 2.28. The molecule has 1 aromatic heterocycles. The van der Waals surface area contributed by atoms with Crippen LogP contribution in [0.1, 0.15) is 30.8 Å². The molecular weight excluding hydrogens is 505 g/mol. The number of carbonyl (C=O) groups excluding carboxylic acids is 1. The van der Waals surface area contributed by atoms with Gasteiger partial charge in [-0.05, 0) is 75.5 Å². The Morgan fingerprint density at radius 2 is 1.84 bits per heavy atom. The number of fused-ring (bicyclic) bond motifs is 1. The Kier molecular flexibility index (Phi) is 8.44. The number of carbonyl (C=O) groups is 1. The number of hydrogen-bond acceptors (Lipinski definition) is 4. The topological polar surface area (TPSA) is 70.5 Å². The number of hydrogen-bond donors (Lipinski definition) is 1. The summed E-state index contributed by atoms with van der Waals surface area (Å²) in [5, 5.41) is 3.31. The lowest BCUT2D eigenvalue weighted by Gasteiger charge is -2.33. The number of urea groups is 1. The number of aryl methyl sites for hydroxylation is 1. The van der Waals surface area contributed by atoms with Gasteiger partial charge < -0.3 is 15.1 Å². The van der Waals surface area contributed by atoms with E-state index in [4.69, 9.17) is 16.6 Å². The Morgan fingerprint density at radius 3 is 2.53 bits per heavy atom. The van der Waals surface area contributed by atoms with Gasteiger partial charge in [0.1, 0.15) is 11.6 Å². The van der Waals surface area contributed by atoms with E-state index < -0.39 is 11.9 Å². The maximum Gasteiger partial charge on any atom is 0.322 e. The molecule has 1 unspecified atom stereocenters. The number of anilines is 1. The molecule has 9 heteroatoms. The molecule has 0 saturated carbocycles. The van der Waals surface area contributed by atoms with Crippen LogP contribution in [0.3, 0.4) is 0 Å². The van der Waals surface area contributed by atoms with Gasteiger partial charge in [-0.3, -0.25) is 9.36 Å². The van der Waals surface area contributed by atoms with Crippen molar-refractivity contribution in [2.75, 3.05) is 32.5 Å². The van der Waals surface area contributed by atoms with Crippen LogP contribution >= 0.6 is 11.6 Å². The summed E-state index contributed by atoms with van der Waals surface area (Å²) in [4.78, 5) is 36.1. The second-order valence-corrected chi connectivity index (χ2v) is 9.85. The molecular formula is C29H31ClFN5O2. The fraction of sp³-hybridized carbons (Fsp3) is 0.276. The Hall–Kier alpha value is -3.75. The van der Waals surface area contributed by atoms with Crippen molar-refractivity contribution in [1.29, 1.82) is 0 Å². The first-order chi connectivity index (χ1) is 18.2. The number of benzene rings is 3. The van der Waals surface area contributed by atoms with E-state index >= 15 is 0 Å². The zero-order valence-electron chi connectivity index (χ0n) is 21.9. The Bertz CT molecular complexity index is 1520. The van der Waals surface area contributed by atoms with E-state index in [0.29, 0.717) is 47.6 Å². The molecule has 0 spiro atoms. The molecule has 38 heavy (non-hydrogen) atoms. The number of aromatic nitrogens is 2. The molecule has 198 valence electrons. The van der Waals surface area contributed by atoms with E-state index in [1.165, 1.54) is 22.8 Å². The first kappa shape index (κ1) is 27.3. The summed E-state index contributed by atoms with van der Waals surface area (Å²) < 4.78 is 15.5. The zero-order chi connectivity index (χ0) is 27.4. The molecule has 7 nitrogen and oxygen atoms in total. The number of amides is 2. The van der Waals surface area contributed by atoms with Gasteiger partial charge in [-0.15, -0.1) is 0 Å². The number of likely N-dealkylation sites (N-methyl/N-ethyl adjacent to an activating group) is 1. The van der Waals surface area contributed by atoms with Crippen LogP contribution in [0.25, 0.3) is 16.6 Å². The van der Waals surface area contributed by atoms with Gasteiger partial charge >= 0.3 is 6.03 Å². The number of nitrogens with one attached hydrogen (secondary N) is 1. The Morgan fingerprint density at radius 1 is 1.08 bits per heavy atom. The molecule has 4 aromatic rings. The van der Waals surface area contributed by atoms with E-state index in [1.54, 1.807) is 23.1 Å². The van der Waals surface area contributed by atoms with Crippen molar-refractivity contribution < 1.29 is 9.18 Å². The van der Waals surface area contributed by atoms with E-state index in [0.717, 1.165) is 5.56 Å². The van der Waals surface area contributed by atoms with E-state index in [-0.39, 0.29) is 16.6 Å². The van der Waals surface area contributed by atoms with Crippen LogP contribution in [-0.4, -0.2) is 52.6 Å². The van der Waals surface area contributed by atoms with E-state index in [1.807, 2.05) is 63.2 Å². The fourth-order valence-corrected chi connectivity index (χ4v) is 4.59. The molecule has 1 atom stereocenters. The van der Waals surface area contributed by atoms with Crippen molar-refractivity contribution in [3.63, 3.8) is 0 Å². The van der Waals surface area contributed by atoms with Gasteiger partial charge in [-0.2, -0.15) is 0 Å². The first-order valence-corrected chi connectivity index (χ1v) is 12.8. The minimum atomic E-state index is -0.587. The van der Waals surface area contributed by atoms with E-state index in [2.05, 4.69) is 5.32 Å². The maximum absolute atomic E-state index is 14.0. The zero-order valence-corrected chi connectivity index (χ0v) is 22.7. The fourth-order valence-electron chi connectivity index (χ4n) is 4.41. The molecule has 0 saturated heterocycles. The third-order valence-corrected chi connectivity index (χ3v) is 6.63. The second-order valence-electron chi connectivity index (χ2n) is 9.45. The van der Waals surface area contributed by atoms with Crippen molar-refractivity contribution in [2.24, 2.45) is 0 Å². The number of nitrogens with zero attached hydrogens (tertiary/aromatic N) is 4. The van der Waals surface area contributed by atoms with Gasteiger partial charge in [0.2, 0.25) is 0 Å². The summed E-state index contributed by atoms with van der Waals surface area (Å²) in [5.74, 6) is -0.215. The summed E-state index contributed by atoms with van der Waals surface area (Å²) in [6.45, 7) is 4.88. The number of halogens is 2. The lowest BCUT2D eigenvalue weighted by molar-refractivity contribution is 0.173. The van der Waals surface area contributed by atoms with Crippen LogP contribution in [0, 0.1) is 12.7 Å². The lowest BCUT2D eigenvalue weighted by Crippen LogP contribution is -2.43. The van der Waals surface area contributed by atoms with Gasteiger partial charge in [0.15, 0.2) is 0 Å². The second kappa shape index (κ2) is 11.8. The van der Waals surface area contributed by atoms with Crippen molar-refractivity contribution >= 4 is 34.2 Å². The molecule has 0 bridgehead atoms. The van der Waals surface area contributed by atoms with Gasteiger partial charge in [-0.25, -0.2) is 14.2 Å². The smallest absolute Gasteiger partial charge is 0.313 e. The standard InChI is InChI=1S/C29H31ClFN5O2/c1-5-26(35(16-15-34(3)4)29(38)32-20-10-8-9-19(2)17-20)27-33-25-12-7-6-11-22(25)28(37)36(27)21-13-14-24(31)23(30)18-21/h6-14,17-18,26H,5,15-16H2,1-4H3,(H,32,38). The van der Waals surface area contributed by atoms with Crippen molar-refractivity contribution in [3.8, 4) is 5.69 Å². The summed E-state index contributed by atoms with van der Waals surface area (Å²) in [6, 6.07) is 17.9. The molecule has 3 aromatic carbocycles. The average molecular weight is 536 g/mol. The monoisotopic (exact) mass is 535 g/mol. The molecule has 0 aliphatic carbocycles. The predicted molar refractivity (Wildman–Crippen MR) is 151 cm³/mol. The minimum Gasteiger partial charge on any atom is -0.313 e. The van der Waals surface area contributed by atoms with Gasteiger partial charge in [-0.1, -0.05) is 42.8 Å². The van der Waals surface area contributed by atoms with Crippen LogP contribution in [0.2, 0.25) is 5.02 Å². The van der Waals surface area contributed by atoms with Crippen molar-refractivity contribution in [1.82, 2.24) is 19.4 Å². The van der Waals surface area contributed by atoms with Gasteiger partial charge in [0.05, 0.1) is 27.7 Å². The molecule has 2 amide bonds. The number of para-hydroxylation sites is 1. The normalized spacial score (nSPS) is 12.1. The summed E-state index contributed by atoms with van der Waals surface area (Å²) >= 11 is 6.11. The first-order valence-electron chi connectivity index (χ1n) is 12.5. The van der Waals surface area contributed by atoms with E-state index in [9.17, 15) is 14.0 Å². The third-order valence-electron chi connectivity index (χ3n) is 6.34. The minimum absolute atomic E-state index is 0.108. The largest absolute Gasteiger partial charge is 0.322 e. The number of rotatable bonds is 8. The van der Waals surface area contributed by atoms with Gasteiger partial charge in [0, 0.05) is 18.8 Å². The van der Waals surface area contributed by atoms with Crippen molar-refractivity contribution in [3.05, 3.63) is 99.3 Å². The molecule has 0 radical (unpaired) electrons. The average Bonchev–Trinajstić information content (AvgIpc) is 2.88. The molecule has 0 aliphatic heterocycles. The summed E-state index contributed by atoms with van der Waals surface area (Å²) in [7, 11) is 3.87. The molecule has 1 heterocycles. The Balaban J connectivity index is 1.89. The third kappa shape index (κ3) is 5.87. The van der Waals surface area contributed by atoms with Crippen LogP contribution in [0.5, 0.6) is 0 Å². The van der Waals surface area contributed by atoms with Crippen LogP contribution in [0.15, 0.2) is 71.5 Å². The highest BCUT2D eigenvalue weighted by molar-refractivity contribution is 6.30. The van der Waals surface area contributed by atoms with Gasteiger partial charge in [0.25, 0.3) is 5.56 Å². The van der Waals surface area contributed by atoms with Crippen LogP contribution in [0.4, 0.5) is 14.9 Å². The highest BCUT2D eigenvalue weighted by Gasteiger charge is 2.29. The lowest BCUT2D eigenvalue weighted by atomic mass is 10.1. The SMILES string of the molecule is CCC(c1nc2ccccc2c(=O)n1-c1ccc(F)c(Cl)c1)N(CCN(C)C)C(=O)Nc1cccc(C)c1. The molecule has 0 fully saturated rings.